The summed E-state index contributed by atoms with van der Waals surface area (Å²) in [5.74, 6) is 0.0998. The lowest BCUT2D eigenvalue weighted by Gasteiger charge is -2.15. The first-order valence-electron chi connectivity index (χ1n) is 5.21. The molecule has 2 aromatic heterocycles. The van der Waals surface area contributed by atoms with Gasteiger partial charge >= 0.3 is 7.60 Å². The quantitative estimate of drug-likeness (QED) is 0.366. The lowest BCUT2D eigenvalue weighted by atomic mass is 10.5. The van der Waals surface area contributed by atoms with Gasteiger partial charge in [0, 0.05) is 0 Å². The van der Waals surface area contributed by atoms with Gasteiger partial charge in [0.25, 0.3) is 5.56 Å². The Hall–Kier alpha value is -1.74. The Morgan fingerprint density at radius 3 is 3.00 bits per heavy atom. The van der Waals surface area contributed by atoms with E-state index >= 15 is 0 Å². The molecule has 0 aliphatic carbocycles. The molecule has 0 saturated heterocycles. The van der Waals surface area contributed by atoms with E-state index < -0.39 is 25.7 Å². The Morgan fingerprint density at radius 2 is 2.32 bits per heavy atom. The number of fused-ring (bicyclic) bond motifs is 1. The molecule has 0 aliphatic rings. The third-order valence-electron chi connectivity index (χ3n) is 2.13. The third-order valence-corrected chi connectivity index (χ3v) is 2.61. The highest BCUT2D eigenvalue weighted by molar-refractivity contribution is 7.51. The van der Waals surface area contributed by atoms with Crippen LogP contribution in [-0.4, -0.2) is 42.3 Å². The van der Waals surface area contributed by atoms with Gasteiger partial charge < -0.3 is 24.8 Å². The van der Waals surface area contributed by atoms with Crippen molar-refractivity contribution in [3.05, 3.63) is 16.7 Å². The summed E-state index contributed by atoms with van der Waals surface area (Å²) in [4.78, 5) is 41.8. The minimum atomic E-state index is -4.24. The number of anilines is 1. The van der Waals surface area contributed by atoms with E-state index in [0.717, 1.165) is 0 Å². The molecule has 0 radical (unpaired) electrons. The predicted molar refractivity (Wildman–Crippen MR) is 65.6 cm³/mol. The normalized spacial score (nSPS) is 13.6. The zero-order chi connectivity index (χ0) is 14.0. The van der Waals surface area contributed by atoms with Gasteiger partial charge in [-0.3, -0.25) is 14.3 Å². The second-order valence-electron chi connectivity index (χ2n) is 3.76. The number of nitrogens with one attached hydrogen (secondary N) is 3. The van der Waals surface area contributed by atoms with E-state index in [1.807, 2.05) is 0 Å². The van der Waals surface area contributed by atoms with E-state index in [9.17, 15) is 9.36 Å². The Balaban J connectivity index is 2.08. The number of imidazole rings is 1. The average molecular weight is 289 g/mol. The van der Waals surface area contributed by atoms with Crippen LogP contribution in [0.15, 0.2) is 11.1 Å². The molecule has 0 saturated carbocycles. The maximum Gasteiger partial charge on any atom is 0.351 e. The predicted octanol–water partition coefficient (Wildman–Crippen LogP) is -0.444. The van der Waals surface area contributed by atoms with E-state index in [-0.39, 0.29) is 17.1 Å². The van der Waals surface area contributed by atoms with Crippen molar-refractivity contribution < 1.29 is 19.1 Å². The fraction of sp³-hybridized carbons (Fsp3) is 0.375. The van der Waals surface area contributed by atoms with Crippen LogP contribution >= 0.6 is 7.60 Å². The van der Waals surface area contributed by atoms with E-state index in [1.165, 1.54) is 13.3 Å². The molecule has 11 heteroatoms. The first-order valence-corrected chi connectivity index (χ1v) is 7.01. The van der Waals surface area contributed by atoms with E-state index in [4.69, 9.17) is 14.5 Å². The zero-order valence-corrected chi connectivity index (χ0v) is 10.7. The molecule has 10 nitrogen and oxygen atoms in total. The van der Waals surface area contributed by atoms with Crippen molar-refractivity contribution in [1.82, 2.24) is 19.9 Å². The van der Waals surface area contributed by atoms with E-state index in [0.29, 0.717) is 0 Å². The second-order valence-corrected chi connectivity index (χ2v) is 5.35. The molecular formula is C8H12N5O5P. The average Bonchev–Trinajstić information content (AvgIpc) is 2.74. The van der Waals surface area contributed by atoms with Crippen LogP contribution in [0.3, 0.4) is 0 Å². The summed E-state index contributed by atoms with van der Waals surface area (Å²) in [5, 5.41) is 2.65. The molecule has 2 heterocycles. The summed E-state index contributed by atoms with van der Waals surface area (Å²) < 4.78 is 15.5. The highest BCUT2D eigenvalue weighted by atomic mass is 31.2. The van der Waals surface area contributed by atoms with Crippen molar-refractivity contribution in [2.75, 3.05) is 11.7 Å². The molecule has 0 aliphatic heterocycles. The summed E-state index contributed by atoms with van der Waals surface area (Å²) in [5.41, 5.74) is 0.0648. The van der Waals surface area contributed by atoms with Crippen molar-refractivity contribution in [2.24, 2.45) is 0 Å². The number of aromatic amines is 2. The summed E-state index contributed by atoms with van der Waals surface area (Å²) in [7, 11) is -4.24. The molecule has 1 unspecified atom stereocenters. The summed E-state index contributed by atoms with van der Waals surface area (Å²) in [6.07, 6.45) is -0.132. The van der Waals surface area contributed by atoms with Gasteiger partial charge in [-0.1, -0.05) is 0 Å². The number of hydrogen-bond donors (Lipinski definition) is 5. The smallest absolute Gasteiger partial charge is 0.346 e. The maximum absolute atomic E-state index is 11.6. The first kappa shape index (κ1) is 13.7. The van der Waals surface area contributed by atoms with Crippen LogP contribution in [0.2, 0.25) is 0 Å². The van der Waals surface area contributed by atoms with Gasteiger partial charge in [0.05, 0.1) is 6.33 Å². The minimum absolute atomic E-state index is 0.0998. The van der Waals surface area contributed by atoms with Crippen LogP contribution in [0, 0.1) is 0 Å². The van der Waals surface area contributed by atoms with Gasteiger partial charge in [-0.15, -0.1) is 0 Å². The van der Waals surface area contributed by atoms with Crippen molar-refractivity contribution in [3.8, 4) is 0 Å². The summed E-state index contributed by atoms with van der Waals surface area (Å²) >= 11 is 0. The summed E-state index contributed by atoms with van der Waals surface area (Å²) in [6, 6.07) is 0. The molecule has 104 valence electrons. The molecule has 5 N–H and O–H groups in total. The van der Waals surface area contributed by atoms with E-state index in [1.54, 1.807) is 0 Å². The molecule has 2 aromatic rings. The lowest BCUT2D eigenvalue weighted by Crippen LogP contribution is -2.23. The van der Waals surface area contributed by atoms with Crippen molar-refractivity contribution >= 4 is 24.7 Å². The third kappa shape index (κ3) is 3.61. The van der Waals surface area contributed by atoms with Gasteiger partial charge in [0.2, 0.25) is 5.95 Å². The standard InChI is InChI=1S/C8H12N5O5P/c1-4(18-3-19(15,16)17)11-8-12-6-5(7(14)13-8)9-2-10-6/h2,4H,3H2,1H3,(H2,15,16,17)(H3,9,10,11,12,13,14). The van der Waals surface area contributed by atoms with Gasteiger partial charge in [-0.25, -0.2) is 4.98 Å². The van der Waals surface area contributed by atoms with Gasteiger partial charge in [0.15, 0.2) is 17.5 Å². The van der Waals surface area contributed by atoms with Gasteiger partial charge in [0.1, 0.15) is 6.23 Å². The highest BCUT2D eigenvalue weighted by Gasteiger charge is 2.16. The molecule has 2 rings (SSSR count). The topological polar surface area (TPSA) is 153 Å². The fourth-order valence-corrected chi connectivity index (χ4v) is 1.77. The first-order chi connectivity index (χ1) is 8.85. The van der Waals surface area contributed by atoms with Crippen LogP contribution in [0.4, 0.5) is 5.95 Å². The van der Waals surface area contributed by atoms with Crippen molar-refractivity contribution in [1.29, 1.82) is 0 Å². The molecule has 0 fully saturated rings. The molecule has 0 spiro atoms. The van der Waals surface area contributed by atoms with Crippen LogP contribution < -0.4 is 10.9 Å². The minimum Gasteiger partial charge on any atom is -0.346 e. The molecule has 19 heavy (non-hydrogen) atoms. The molecule has 0 amide bonds. The molecule has 1 atom stereocenters. The molecular weight excluding hydrogens is 277 g/mol. The Labute approximate surface area is 106 Å². The molecule has 0 bridgehead atoms. The number of nitrogens with zero attached hydrogens (tertiary/aromatic N) is 2. The Bertz CT molecular complexity index is 675. The fourth-order valence-electron chi connectivity index (χ4n) is 1.35. The summed E-state index contributed by atoms with van der Waals surface area (Å²) in [6.45, 7) is 1.52. The van der Waals surface area contributed by atoms with Gasteiger partial charge in [-0.05, 0) is 6.92 Å². The van der Waals surface area contributed by atoms with Crippen LogP contribution in [0.25, 0.3) is 11.2 Å². The second kappa shape index (κ2) is 5.10. The number of ether oxygens (including phenoxy) is 1. The van der Waals surface area contributed by atoms with Crippen LogP contribution in [-0.2, 0) is 9.30 Å². The highest BCUT2D eigenvalue weighted by Crippen LogP contribution is 2.34. The number of hydrogen-bond acceptors (Lipinski definition) is 6. The number of rotatable bonds is 5. The zero-order valence-electron chi connectivity index (χ0n) is 9.82. The SMILES string of the molecule is CC(Nc1nc2nc[nH]c2c(=O)[nH]1)OCP(=O)(O)O. The number of aromatic nitrogens is 4. The van der Waals surface area contributed by atoms with Crippen molar-refractivity contribution in [2.45, 2.75) is 13.2 Å². The van der Waals surface area contributed by atoms with Crippen LogP contribution in [0.5, 0.6) is 0 Å². The lowest BCUT2D eigenvalue weighted by molar-refractivity contribution is 0.107. The molecule has 0 aromatic carbocycles. The largest absolute Gasteiger partial charge is 0.351 e. The monoisotopic (exact) mass is 289 g/mol. The maximum atomic E-state index is 11.6. The Kier molecular flexibility index (Phi) is 3.67. The Morgan fingerprint density at radius 1 is 1.58 bits per heavy atom. The van der Waals surface area contributed by atoms with Crippen molar-refractivity contribution in [3.63, 3.8) is 0 Å². The number of H-pyrrole nitrogens is 2. The van der Waals surface area contributed by atoms with E-state index in [2.05, 4.69) is 25.3 Å². The van der Waals surface area contributed by atoms with Crippen LogP contribution in [0.1, 0.15) is 6.92 Å². The van der Waals surface area contributed by atoms with Gasteiger partial charge in [-0.2, -0.15) is 4.98 Å².